The molecular weight excluding hydrogens is 302 g/mol. The molecule has 4 N–H and O–H groups in total. The van der Waals surface area contributed by atoms with Gasteiger partial charge < -0.3 is 20.8 Å². The van der Waals surface area contributed by atoms with Crippen LogP contribution in [-0.2, 0) is 4.74 Å². The van der Waals surface area contributed by atoms with Crippen molar-refractivity contribution in [1.82, 2.24) is 9.55 Å². The molecule has 3 rings (SSSR count). The number of hydrogen-bond donors (Lipinski definition) is 2. The van der Waals surface area contributed by atoms with E-state index < -0.39 is 5.97 Å². The Morgan fingerprint density at radius 3 is 2.91 bits per heavy atom. The number of carbonyl (C=O) groups excluding carboxylic acids is 1. The van der Waals surface area contributed by atoms with Crippen molar-refractivity contribution < 1.29 is 9.53 Å². The van der Waals surface area contributed by atoms with Gasteiger partial charge in [0.1, 0.15) is 6.07 Å². The van der Waals surface area contributed by atoms with Crippen LogP contribution in [0.25, 0.3) is 15.9 Å². The highest BCUT2D eigenvalue weighted by molar-refractivity contribution is 7.22. The Kier molecular flexibility index (Phi) is 3.19. The van der Waals surface area contributed by atoms with Gasteiger partial charge in [0.15, 0.2) is 10.8 Å². The highest BCUT2D eigenvalue weighted by Gasteiger charge is 2.21. The van der Waals surface area contributed by atoms with Crippen molar-refractivity contribution in [2.75, 3.05) is 18.6 Å². The third kappa shape index (κ3) is 2.04. The van der Waals surface area contributed by atoms with Crippen molar-refractivity contribution in [3.8, 4) is 11.8 Å². The van der Waals surface area contributed by atoms with Crippen molar-refractivity contribution in [3.63, 3.8) is 0 Å². The van der Waals surface area contributed by atoms with Crippen LogP contribution < -0.4 is 11.5 Å². The summed E-state index contributed by atoms with van der Waals surface area (Å²) in [4.78, 5) is 16.2. The molecule has 0 spiro atoms. The number of nitrogens with two attached hydrogens (primary N) is 2. The highest BCUT2D eigenvalue weighted by atomic mass is 32.1. The van der Waals surface area contributed by atoms with E-state index in [0.717, 1.165) is 4.70 Å². The summed E-state index contributed by atoms with van der Waals surface area (Å²) in [6.07, 6.45) is 1.50. The molecule has 0 aliphatic heterocycles. The summed E-state index contributed by atoms with van der Waals surface area (Å²) in [6.45, 7) is 0. The Morgan fingerprint density at radius 1 is 1.45 bits per heavy atom. The summed E-state index contributed by atoms with van der Waals surface area (Å²) >= 11 is 1.37. The molecule has 0 aliphatic carbocycles. The molecule has 2 aromatic heterocycles. The number of hydrogen-bond acceptors (Lipinski definition) is 7. The fraction of sp³-hybridized carbons (Fsp3) is 0.0714. The van der Waals surface area contributed by atoms with Gasteiger partial charge >= 0.3 is 5.97 Å². The number of benzene rings is 1. The van der Waals surface area contributed by atoms with Crippen LogP contribution in [0.4, 0.5) is 10.8 Å². The van der Waals surface area contributed by atoms with Gasteiger partial charge in [-0.3, -0.25) is 0 Å². The van der Waals surface area contributed by atoms with E-state index in [1.807, 2.05) is 12.1 Å². The second kappa shape index (κ2) is 5.05. The zero-order valence-electron chi connectivity index (χ0n) is 11.5. The molecule has 1 aromatic carbocycles. The second-order valence-electron chi connectivity index (χ2n) is 4.48. The Morgan fingerprint density at radius 2 is 2.23 bits per heavy atom. The van der Waals surface area contributed by atoms with Crippen LogP contribution >= 0.6 is 11.3 Å². The van der Waals surface area contributed by atoms with Gasteiger partial charge in [-0.05, 0) is 18.2 Å². The van der Waals surface area contributed by atoms with Crippen molar-refractivity contribution in [2.45, 2.75) is 0 Å². The fourth-order valence-electron chi connectivity index (χ4n) is 2.20. The zero-order valence-corrected chi connectivity index (χ0v) is 12.3. The molecule has 0 fully saturated rings. The maximum Gasteiger partial charge on any atom is 0.357 e. The summed E-state index contributed by atoms with van der Waals surface area (Å²) in [5.41, 5.74) is 13.3. The van der Waals surface area contributed by atoms with E-state index in [0.29, 0.717) is 16.3 Å². The summed E-state index contributed by atoms with van der Waals surface area (Å²) in [7, 11) is 1.26. The first-order valence-corrected chi connectivity index (χ1v) is 7.02. The molecule has 0 unspecified atom stereocenters. The van der Waals surface area contributed by atoms with E-state index in [9.17, 15) is 4.79 Å². The van der Waals surface area contributed by atoms with E-state index in [1.54, 1.807) is 12.1 Å². The summed E-state index contributed by atoms with van der Waals surface area (Å²) in [6, 6.07) is 7.38. The minimum atomic E-state index is -0.614. The molecule has 3 aromatic rings. The number of thiazole rings is 1. The minimum Gasteiger partial charge on any atom is -0.464 e. The first-order valence-electron chi connectivity index (χ1n) is 6.21. The lowest BCUT2D eigenvalue weighted by molar-refractivity contribution is 0.0593. The Hall–Kier alpha value is -3.05. The van der Waals surface area contributed by atoms with E-state index >= 15 is 0 Å². The first kappa shape index (κ1) is 13.9. The molecule has 8 heteroatoms. The SMILES string of the molecule is COC(=O)c1c(N)c(C#N)cn1-c1ccc2sc(N)nc2c1. The lowest BCUT2D eigenvalue weighted by Crippen LogP contribution is -2.11. The van der Waals surface area contributed by atoms with Crippen LogP contribution in [-0.4, -0.2) is 22.6 Å². The van der Waals surface area contributed by atoms with Crippen LogP contribution in [0, 0.1) is 11.3 Å². The van der Waals surface area contributed by atoms with Crippen molar-refractivity contribution >= 4 is 38.3 Å². The lowest BCUT2D eigenvalue weighted by Gasteiger charge is -2.08. The number of nitriles is 1. The Bertz CT molecular complexity index is 935. The van der Waals surface area contributed by atoms with Crippen LogP contribution in [0.2, 0.25) is 0 Å². The molecule has 0 saturated carbocycles. The molecule has 0 aliphatic rings. The van der Waals surface area contributed by atoms with Gasteiger partial charge in [0.25, 0.3) is 0 Å². The fourth-order valence-corrected chi connectivity index (χ4v) is 2.92. The molecule has 0 atom stereocenters. The lowest BCUT2D eigenvalue weighted by atomic mass is 10.2. The van der Waals surface area contributed by atoms with Gasteiger partial charge in [-0.25, -0.2) is 9.78 Å². The smallest absolute Gasteiger partial charge is 0.357 e. The average molecular weight is 313 g/mol. The number of aromatic nitrogens is 2. The molecule has 0 bridgehead atoms. The summed E-state index contributed by atoms with van der Waals surface area (Å²) in [5.74, 6) is -0.614. The predicted octanol–water partition coefficient (Wildman–Crippen LogP) is 1.91. The number of anilines is 2. The third-order valence-corrected chi connectivity index (χ3v) is 4.08. The normalized spacial score (nSPS) is 10.5. The molecule has 0 radical (unpaired) electrons. The van der Waals surface area contributed by atoms with Crippen LogP contribution in [0.3, 0.4) is 0 Å². The monoisotopic (exact) mass is 313 g/mol. The zero-order chi connectivity index (χ0) is 15.9. The van der Waals surface area contributed by atoms with E-state index in [2.05, 4.69) is 4.98 Å². The van der Waals surface area contributed by atoms with Crippen LogP contribution in [0.5, 0.6) is 0 Å². The van der Waals surface area contributed by atoms with Gasteiger partial charge in [-0.1, -0.05) is 11.3 Å². The molecule has 22 heavy (non-hydrogen) atoms. The number of rotatable bonds is 2. The molecule has 110 valence electrons. The van der Waals surface area contributed by atoms with Crippen molar-refractivity contribution in [2.24, 2.45) is 0 Å². The topological polar surface area (TPSA) is 120 Å². The van der Waals surface area contributed by atoms with Crippen LogP contribution in [0.15, 0.2) is 24.4 Å². The quantitative estimate of drug-likeness (QED) is 0.697. The number of fused-ring (bicyclic) bond motifs is 1. The summed E-state index contributed by atoms with van der Waals surface area (Å²) in [5, 5.41) is 9.57. The number of carbonyl (C=O) groups is 1. The maximum absolute atomic E-state index is 12.0. The molecule has 7 nitrogen and oxygen atoms in total. The van der Waals surface area contributed by atoms with Gasteiger partial charge in [-0.2, -0.15) is 5.26 Å². The third-order valence-electron chi connectivity index (χ3n) is 3.21. The Balaban J connectivity index is 2.25. The standard InChI is InChI=1S/C14H11N5O2S/c1-21-13(20)12-11(16)7(5-15)6-19(12)8-2-3-10-9(4-8)18-14(17)22-10/h2-4,6H,16H2,1H3,(H2,17,18). The molecule has 0 amide bonds. The average Bonchev–Trinajstić information content (AvgIpc) is 3.04. The number of ether oxygens (including phenoxy) is 1. The van der Waals surface area contributed by atoms with Gasteiger partial charge in [0.2, 0.25) is 0 Å². The van der Waals surface area contributed by atoms with Gasteiger partial charge in [0.05, 0.1) is 28.6 Å². The number of nitrogen functional groups attached to an aromatic ring is 2. The molecule has 2 heterocycles. The van der Waals surface area contributed by atoms with Gasteiger partial charge in [-0.15, -0.1) is 0 Å². The van der Waals surface area contributed by atoms with E-state index in [4.69, 9.17) is 21.5 Å². The Labute approximate surface area is 129 Å². The largest absolute Gasteiger partial charge is 0.464 e. The van der Waals surface area contributed by atoms with Gasteiger partial charge in [0, 0.05) is 11.9 Å². The number of esters is 1. The molecular formula is C14H11N5O2S. The predicted molar refractivity (Wildman–Crippen MR) is 83.8 cm³/mol. The van der Waals surface area contributed by atoms with Crippen molar-refractivity contribution in [1.29, 1.82) is 5.26 Å². The molecule has 0 saturated heterocycles. The minimum absolute atomic E-state index is 0.0900. The highest BCUT2D eigenvalue weighted by Crippen LogP contribution is 2.29. The second-order valence-corrected chi connectivity index (χ2v) is 5.54. The van der Waals surface area contributed by atoms with Crippen LogP contribution in [0.1, 0.15) is 16.1 Å². The van der Waals surface area contributed by atoms with Crippen molar-refractivity contribution in [3.05, 3.63) is 35.7 Å². The number of nitrogens with zero attached hydrogens (tertiary/aromatic N) is 3. The number of methoxy groups -OCH3 is 1. The maximum atomic E-state index is 12.0. The van der Waals surface area contributed by atoms with E-state index in [-0.39, 0.29) is 16.9 Å². The summed E-state index contributed by atoms with van der Waals surface area (Å²) < 4.78 is 7.20. The first-order chi connectivity index (χ1) is 10.5. The van der Waals surface area contributed by atoms with E-state index in [1.165, 1.54) is 29.2 Å².